The van der Waals surface area contributed by atoms with E-state index in [4.69, 9.17) is 14.2 Å². The third-order valence-corrected chi connectivity index (χ3v) is 11.8. The summed E-state index contributed by atoms with van der Waals surface area (Å²) in [5, 5.41) is 0. The summed E-state index contributed by atoms with van der Waals surface area (Å²) in [7, 11) is 0. The molecule has 0 radical (unpaired) electrons. The van der Waals surface area contributed by atoms with E-state index in [1.807, 2.05) is 0 Å². The first kappa shape index (κ1) is 55.4. The molecule has 0 aromatic heterocycles. The minimum Gasteiger partial charge on any atom is -0.462 e. The second kappa shape index (κ2) is 44.0. The third-order valence-electron chi connectivity index (χ3n) is 11.8. The maximum absolute atomic E-state index is 12.8. The fourth-order valence-corrected chi connectivity index (χ4v) is 7.60. The molecule has 0 bridgehead atoms. The average Bonchev–Trinajstić information content (AvgIpc) is 3.19. The lowest BCUT2D eigenvalue weighted by molar-refractivity contribution is -0.167. The summed E-state index contributed by atoms with van der Waals surface area (Å²) in [5.41, 5.74) is 0. The minimum absolute atomic E-state index is 0.0643. The summed E-state index contributed by atoms with van der Waals surface area (Å²) < 4.78 is 16.8. The van der Waals surface area contributed by atoms with Crippen molar-refractivity contribution < 1.29 is 28.6 Å². The second-order valence-corrected chi connectivity index (χ2v) is 18.2. The van der Waals surface area contributed by atoms with Gasteiger partial charge in [0.25, 0.3) is 0 Å². The number of unbranched alkanes of at least 4 members (excludes halogenated alkanes) is 29. The fraction of sp³-hybridized carbons (Fsp3) is 0.941. The Bertz CT molecular complexity index is 872. The zero-order valence-corrected chi connectivity index (χ0v) is 39.0. The molecule has 338 valence electrons. The Hall–Kier alpha value is -1.59. The molecule has 0 fully saturated rings. The molecular weight excluding hydrogens is 709 g/mol. The van der Waals surface area contributed by atoms with E-state index in [0.29, 0.717) is 19.3 Å². The Morgan fingerprint density at radius 3 is 1.00 bits per heavy atom. The van der Waals surface area contributed by atoms with E-state index in [-0.39, 0.29) is 31.1 Å². The molecule has 0 aliphatic carbocycles. The number of ether oxygens (including phenoxy) is 3. The van der Waals surface area contributed by atoms with Gasteiger partial charge in [-0.3, -0.25) is 14.4 Å². The Kier molecular flexibility index (Phi) is 42.7. The topological polar surface area (TPSA) is 78.9 Å². The lowest BCUT2D eigenvalue weighted by Crippen LogP contribution is -2.30. The summed E-state index contributed by atoms with van der Waals surface area (Å²) in [6, 6.07) is 0. The van der Waals surface area contributed by atoms with Crippen molar-refractivity contribution in [3.63, 3.8) is 0 Å². The van der Waals surface area contributed by atoms with Gasteiger partial charge in [-0.05, 0) is 31.1 Å². The van der Waals surface area contributed by atoms with Crippen molar-refractivity contribution in [2.24, 2.45) is 11.8 Å². The number of carbonyl (C=O) groups excluding carboxylic acids is 3. The average molecular weight is 807 g/mol. The van der Waals surface area contributed by atoms with Crippen molar-refractivity contribution in [3.8, 4) is 0 Å². The van der Waals surface area contributed by atoms with E-state index in [9.17, 15) is 14.4 Å². The zero-order valence-electron chi connectivity index (χ0n) is 39.0. The van der Waals surface area contributed by atoms with Gasteiger partial charge in [-0.1, -0.05) is 240 Å². The van der Waals surface area contributed by atoms with E-state index in [1.54, 1.807) is 0 Å². The molecular formula is C51H98O6. The molecule has 57 heavy (non-hydrogen) atoms. The van der Waals surface area contributed by atoms with Crippen LogP contribution in [0.4, 0.5) is 0 Å². The van der Waals surface area contributed by atoms with Crippen LogP contribution in [0.1, 0.15) is 279 Å². The molecule has 0 rings (SSSR count). The van der Waals surface area contributed by atoms with E-state index in [1.165, 1.54) is 167 Å². The van der Waals surface area contributed by atoms with Crippen LogP contribution in [0.5, 0.6) is 0 Å². The highest BCUT2D eigenvalue weighted by Crippen LogP contribution is 2.18. The van der Waals surface area contributed by atoms with Gasteiger partial charge in [0.2, 0.25) is 0 Å². The van der Waals surface area contributed by atoms with Crippen LogP contribution >= 0.6 is 0 Å². The van der Waals surface area contributed by atoms with Crippen molar-refractivity contribution in [3.05, 3.63) is 0 Å². The lowest BCUT2D eigenvalue weighted by Gasteiger charge is -2.18. The van der Waals surface area contributed by atoms with Crippen LogP contribution in [0.2, 0.25) is 0 Å². The predicted molar refractivity (Wildman–Crippen MR) is 243 cm³/mol. The predicted octanol–water partition coefficient (Wildman–Crippen LogP) is 16.1. The molecule has 0 heterocycles. The monoisotopic (exact) mass is 807 g/mol. The van der Waals surface area contributed by atoms with E-state index >= 15 is 0 Å². The van der Waals surface area contributed by atoms with Crippen LogP contribution in [0.3, 0.4) is 0 Å². The smallest absolute Gasteiger partial charge is 0.306 e. The maximum Gasteiger partial charge on any atom is 0.306 e. The Labute approximate surface area is 355 Å². The summed E-state index contributed by atoms with van der Waals surface area (Å²) in [4.78, 5) is 37.8. The molecule has 0 amide bonds. The largest absolute Gasteiger partial charge is 0.462 e. The van der Waals surface area contributed by atoms with Crippen molar-refractivity contribution in [2.75, 3.05) is 13.2 Å². The standard InChI is InChI=1S/C51H98O6/c1-6-8-9-10-11-19-26-31-36-41-49(52)55-44-48(45-56-50(53)42-37-32-27-23-18-20-24-29-34-39-46(3)4)57-51(54)43-38-33-28-22-17-15-13-12-14-16-21-25-30-35-40-47(5)7-2/h46-48H,6-45H2,1-5H3/t47?,48-/m0/s1. The van der Waals surface area contributed by atoms with Crippen molar-refractivity contribution in [1.82, 2.24) is 0 Å². The number of hydrogen-bond donors (Lipinski definition) is 0. The lowest BCUT2D eigenvalue weighted by atomic mass is 9.99. The van der Waals surface area contributed by atoms with Crippen molar-refractivity contribution in [2.45, 2.75) is 285 Å². The van der Waals surface area contributed by atoms with Crippen LogP contribution in [-0.2, 0) is 28.6 Å². The first-order valence-electron chi connectivity index (χ1n) is 25.3. The summed E-state index contributed by atoms with van der Waals surface area (Å²) in [6.45, 7) is 11.4. The molecule has 0 saturated heterocycles. The molecule has 0 saturated carbocycles. The van der Waals surface area contributed by atoms with Crippen LogP contribution in [-0.4, -0.2) is 37.2 Å². The minimum atomic E-state index is -0.760. The molecule has 2 atom stereocenters. The number of carbonyl (C=O) groups is 3. The quantitative estimate of drug-likeness (QED) is 0.0346. The van der Waals surface area contributed by atoms with Gasteiger partial charge < -0.3 is 14.2 Å². The van der Waals surface area contributed by atoms with Crippen molar-refractivity contribution in [1.29, 1.82) is 0 Å². The van der Waals surface area contributed by atoms with Gasteiger partial charge >= 0.3 is 17.9 Å². The normalized spacial score (nSPS) is 12.5. The summed E-state index contributed by atoms with van der Waals surface area (Å²) in [6.07, 6.45) is 43.7. The zero-order chi connectivity index (χ0) is 41.9. The Morgan fingerprint density at radius 1 is 0.368 bits per heavy atom. The van der Waals surface area contributed by atoms with E-state index in [0.717, 1.165) is 69.6 Å². The van der Waals surface area contributed by atoms with E-state index < -0.39 is 6.10 Å². The van der Waals surface area contributed by atoms with Crippen LogP contribution < -0.4 is 0 Å². The Morgan fingerprint density at radius 2 is 0.667 bits per heavy atom. The molecule has 6 heteroatoms. The molecule has 0 aromatic carbocycles. The highest BCUT2D eigenvalue weighted by molar-refractivity contribution is 5.71. The van der Waals surface area contributed by atoms with Crippen LogP contribution in [0.25, 0.3) is 0 Å². The summed E-state index contributed by atoms with van der Waals surface area (Å²) >= 11 is 0. The van der Waals surface area contributed by atoms with Gasteiger partial charge in [0.05, 0.1) is 0 Å². The highest BCUT2D eigenvalue weighted by Gasteiger charge is 2.19. The molecule has 1 unspecified atom stereocenters. The SMILES string of the molecule is CCCCCCCCCCCC(=O)OC[C@@H](COC(=O)CCCCCCCCCCCC(C)C)OC(=O)CCCCCCCCCCCCCCCCC(C)CC. The first-order chi connectivity index (χ1) is 27.8. The second-order valence-electron chi connectivity index (χ2n) is 18.2. The molecule has 6 nitrogen and oxygen atoms in total. The molecule has 0 aliphatic rings. The fourth-order valence-electron chi connectivity index (χ4n) is 7.60. The van der Waals surface area contributed by atoms with Crippen molar-refractivity contribution >= 4 is 17.9 Å². The number of hydrogen-bond acceptors (Lipinski definition) is 6. The van der Waals surface area contributed by atoms with Gasteiger partial charge in [-0.2, -0.15) is 0 Å². The van der Waals surface area contributed by atoms with Gasteiger partial charge in [-0.15, -0.1) is 0 Å². The number of esters is 3. The molecule has 0 aromatic rings. The molecule has 0 spiro atoms. The molecule has 0 N–H and O–H groups in total. The van der Waals surface area contributed by atoms with Crippen LogP contribution in [0.15, 0.2) is 0 Å². The van der Waals surface area contributed by atoms with Gasteiger partial charge in [0.15, 0.2) is 6.10 Å². The highest BCUT2D eigenvalue weighted by atomic mass is 16.6. The third kappa shape index (κ3) is 43.8. The maximum atomic E-state index is 12.8. The summed E-state index contributed by atoms with van der Waals surface area (Å²) in [5.74, 6) is 0.850. The molecule has 0 aliphatic heterocycles. The van der Waals surface area contributed by atoms with Crippen LogP contribution in [0, 0.1) is 11.8 Å². The first-order valence-corrected chi connectivity index (χ1v) is 25.3. The van der Waals surface area contributed by atoms with Gasteiger partial charge in [0, 0.05) is 19.3 Å². The van der Waals surface area contributed by atoms with Gasteiger partial charge in [-0.25, -0.2) is 0 Å². The Balaban J connectivity index is 4.26. The van der Waals surface area contributed by atoms with E-state index in [2.05, 4.69) is 34.6 Å². The van der Waals surface area contributed by atoms with Gasteiger partial charge in [0.1, 0.15) is 13.2 Å². The number of rotatable bonds is 45.